The molecule has 1 aromatic carbocycles. The number of aromatic nitrogens is 1. The maximum Gasteiger partial charge on any atom is 0.320 e. The first kappa shape index (κ1) is 20.4. The van der Waals surface area contributed by atoms with E-state index in [9.17, 15) is 9.18 Å². The Kier molecular flexibility index (Phi) is 7.81. The van der Waals surface area contributed by atoms with Crippen molar-refractivity contribution in [3.8, 4) is 11.5 Å². The Labute approximate surface area is 158 Å². The SMILES string of the molecule is CCN(CC)CCCNC(=O)Nc1cc(Oc2ccc(N)cc2F)ccn1. The highest BCUT2D eigenvalue weighted by Gasteiger charge is 2.08. The number of nitrogens with zero attached hydrogens (tertiary/aromatic N) is 2. The molecule has 2 amide bonds. The number of ether oxygens (including phenoxy) is 1. The van der Waals surface area contributed by atoms with Crippen LogP contribution in [0, 0.1) is 5.82 Å². The van der Waals surface area contributed by atoms with Crippen molar-refractivity contribution in [2.24, 2.45) is 0 Å². The summed E-state index contributed by atoms with van der Waals surface area (Å²) in [6.45, 7) is 7.71. The van der Waals surface area contributed by atoms with Crippen LogP contribution in [0.1, 0.15) is 20.3 Å². The van der Waals surface area contributed by atoms with Crippen LogP contribution in [0.4, 0.5) is 20.7 Å². The van der Waals surface area contributed by atoms with Gasteiger partial charge in [-0.1, -0.05) is 13.8 Å². The highest BCUT2D eigenvalue weighted by atomic mass is 19.1. The number of benzene rings is 1. The van der Waals surface area contributed by atoms with E-state index >= 15 is 0 Å². The average Bonchev–Trinajstić information content (AvgIpc) is 2.64. The minimum Gasteiger partial charge on any atom is -0.454 e. The molecule has 0 aliphatic rings. The third kappa shape index (κ3) is 6.74. The van der Waals surface area contributed by atoms with Crippen LogP contribution in [0.15, 0.2) is 36.5 Å². The number of rotatable bonds is 9. The van der Waals surface area contributed by atoms with Crippen LogP contribution in [0.5, 0.6) is 11.5 Å². The smallest absolute Gasteiger partial charge is 0.320 e. The minimum atomic E-state index is -0.563. The normalized spacial score (nSPS) is 10.7. The number of carbonyl (C=O) groups is 1. The topological polar surface area (TPSA) is 92.5 Å². The van der Waals surface area contributed by atoms with E-state index < -0.39 is 5.82 Å². The van der Waals surface area contributed by atoms with Crippen molar-refractivity contribution in [3.63, 3.8) is 0 Å². The van der Waals surface area contributed by atoms with Crippen LogP contribution in [0.25, 0.3) is 0 Å². The van der Waals surface area contributed by atoms with Gasteiger partial charge in [-0.25, -0.2) is 14.2 Å². The van der Waals surface area contributed by atoms with Gasteiger partial charge in [0.05, 0.1) is 0 Å². The van der Waals surface area contributed by atoms with Gasteiger partial charge >= 0.3 is 6.03 Å². The molecule has 0 unspecified atom stereocenters. The van der Waals surface area contributed by atoms with Gasteiger partial charge in [0.1, 0.15) is 11.6 Å². The van der Waals surface area contributed by atoms with Gasteiger partial charge in [0, 0.05) is 30.6 Å². The van der Waals surface area contributed by atoms with Crippen molar-refractivity contribution >= 4 is 17.5 Å². The van der Waals surface area contributed by atoms with Crippen LogP contribution in [-0.4, -0.2) is 42.1 Å². The number of nitrogen functional groups attached to an aromatic ring is 1. The number of pyridine rings is 1. The zero-order valence-corrected chi connectivity index (χ0v) is 15.7. The number of carbonyl (C=O) groups excluding carboxylic acids is 1. The van der Waals surface area contributed by atoms with Crippen LogP contribution in [0.3, 0.4) is 0 Å². The molecule has 4 N–H and O–H groups in total. The molecule has 0 spiro atoms. The fourth-order valence-electron chi connectivity index (χ4n) is 2.47. The zero-order chi connectivity index (χ0) is 19.6. The molecule has 0 bridgehead atoms. The lowest BCUT2D eigenvalue weighted by Gasteiger charge is -2.17. The Bertz CT molecular complexity index is 753. The molecule has 0 atom stereocenters. The van der Waals surface area contributed by atoms with Crippen LogP contribution in [-0.2, 0) is 0 Å². The van der Waals surface area contributed by atoms with Crippen molar-refractivity contribution < 1.29 is 13.9 Å². The molecule has 0 aliphatic heterocycles. The second-order valence-electron chi connectivity index (χ2n) is 5.93. The maximum atomic E-state index is 13.8. The Hall–Kier alpha value is -2.87. The van der Waals surface area contributed by atoms with Gasteiger partial charge < -0.3 is 20.7 Å². The van der Waals surface area contributed by atoms with E-state index in [2.05, 4.69) is 34.4 Å². The summed E-state index contributed by atoms with van der Waals surface area (Å²) in [7, 11) is 0. The summed E-state index contributed by atoms with van der Waals surface area (Å²) >= 11 is 0. The van der Waals surface area contributed by atoms with Gasteiger partial charge in [-0.05, 0) is 44.3 Å². The lowest BCUT2D eigenvalue weighted by Crippen LogP contribution is -2.32. The van der Waals surface area contributed by atoms with Gasteiger partial charge in [0.25, 0.3) is 0 Å². The summed E-state index contributed by atoms with van der Waals surface area (Å²) in [5, 5.41) is 5.43. The largest absolute Gasteiger partial charge is 0.454 e. The molecule has 0 fully saturated rings. The van der Waals surface area contributed by atoms with E-state index in [0.29, 0.717) is 23.8 Å². The van der Waals surface area contributed by atoms with Crippen LogP contribution in [0.2, 0.25) is 0 Å². The molecule has 7 nitrogen and oxygen atoms in total. The predicted octanol–water partition coefficient (Wildman–Crippen LogP) is 3.45. The van der Waals surface area contributed by atoms with Crippen molar-refractivity contribution in [1.29, 1.82) is 0 Å². The first-order chi connectivity index (χ1) is 13.0. The third-order valence-electron chi connectivity index (χ3n) is 3.99. The quantitative estimate of drug-likeness (QED) is 0.461. The maximum absolute atomic E-state index is 13.8. The minimum absolute atomic E-state index is 0.0437. The van der Waals surface area contributed by atoms with Gasteiger partial charge in [0.2, 0.25) is 0 Å². The number of hydrogen-bond donors (Lipinski definition) is 3. The summed E-state index contributed by atoms with van der Waals surface area (Å²) in [5.41, 5.74) is 5.83. The molecule has 2 rings (SSSR count). The van der Waals surface area contributed by atoms with Crippen molar-refractivity contribution in [3.05, 3.63) is 42.3 Å². The third-order valence-corrected chi connectivity index (χ3v) is 3.99. The van der Waals surface area contributed by atoms with Gasteiger partial charge in [-0.15, -0.1) is 0 Å². The zero-order valence-electron chi connectivity index (χ0n) is 15.7. The Morgan fingerprint density at radius 3 is 2.74 bits per heavy atom. The van der Waals surface area contributed by atoms with Gasteiger partial charge in [-0.3, -0.25) is 5.32 Å². The summed E-state index contributed by atoms with van der Waals surface area (Å²) in [6.07, 6.45) is 2.34. The van der Waals surface area contributed by atoms with Crippen LogP contribution >= 0.6 is 0 Å². The first-order valence-electron chi connectivity index (χ1n) is 8.98. The Morgan fingerprint density at radius 2 is 2.04 bits per heavy atom. The summed E-state index contributed by atoms with van der Waals surface area (Å²) < 4.78 is 19.3. The van der Waals surface area contributed by atoms with Crippen molar-refractivity contribution in [1.82, 2.24) is 15.2 Å². The standard InChI is InChI=1S/C19H26FN5O2/c1-3-25(4-2)11-5-9-23-19(26)24-18-13-15(8-10-22-18)27-17-7-6-14(21)12-16(17)20/h6-8,10,12-13H,3-5,9,11,21H2,1-2H3,(H2,22,23,24,26). The van der Waals surface area contributed by atoms with Gasteiger partial charge in [0.15, 0.2) is 11.6 Å². The molecule has 1 aromatic heterocycles. The average molecular weight is 375 g/mol. The fraction of sp³-hybridized carbons (Fsp3) is 0.368. The van der Waals surface area contributed by atoms with E-state index in [1.54, 1.807) is 12.1 Å². The number of urea groups is 1. The Morgan fingerprint density at radius 1 is 1.26 bits per heavy atom. The second-order valence-corrected chi connectivity index (χ2v) is 5.93. The Balaban J connectivity index is 1.85. The number of amides is 2. The van der Waals surface area contributed by atoms with E-state index in [1.807, 2.05) is 0 Å². The molecule has 8 heteroatoms. The summed E-state index contributed by atoms with van der Waals surface area (Å²) in [4.78, 5) is 18.3. The molecular weight excluding hydrogens is 349 g/mol. The number of nitrogens with one attached hydrogen (secondary N) is 2. The molecule has 146 valence electrons. The highest BCUT2D eigenvalue weighted by molar-refractivity contribution is 5.88. The number of halogens is 1. The van der Waals surface area contributed by atoms with Crippen molar-refractivity contribution in [2.75, 3.05) is 37.2 Å². The van der Waals surface area contributed by atoms with E-state index in [0.717, 1.165) is 26.1 Å². The molecule has 0 saturated heterocycles. The van der Waals surface area contributed by atoms with E-state index in [-0.39, 0.29) is 11.8 Å². The second kappa shape index (κ2) is 10.3. The van der Waals surface area contributed by atoms with E-state index in [1.165, 1.54) is 24.4 Å². The summed E-state index contributed by atoms with van der Waals surface area (Å²) in [6, 6.07) is 6.92. The predicted molar refractivity (Wildman–Crippen MR) is 105 cm³/mol. The molecule has 2 aromatic rings. The van der Waals surface area contributed by atoms with Crippen molar-refractivity contribution in [2.45, 2.75) is 20.3 Å². The number of hydrogen-bond acceptors (Lipinski definition) is 5. The molecule has 0 saturated carbocycles. The molecule has 1 heterocycles. The first-order valence-corrected chi connectivity index (χ1v) is 8.98. The number of nitrogens with two attached hydrogens (primary N) is 1. The lowest BCUT2D eigenvalue weighted by atomic mass is 10.3. The molecule has 0 radical (unpaired) electrons. The van der Waals surface area contributed by atoms with E-state index in [4.69, 9.17) is 10.5 Å². The molecular formula is C19H26FN5O2. The molecule has 27 heavy (non-hydrogen) atoms. The lowest BCUT2D eigenvalue weighted by molar-refractivity contribution is 0.250. The summed E-state index contributed by atoms with van der Waals surface area (Å²) in [5.74, 6) is 0.143. The number of anilines is 2. The van der Waals surface area contributed by atoms with Gasteiger partial charge in [-0.2, -0.15) is 0 Å². The fourth-order valence-corrected chi connectivity index (χ4v) is 2.47. The van der Waals surface area contributed by atoms with Crippen LogP contribution < -0.4 is 21.1 Å². The monoisotopic (exact) mass is 375 g/mol. The highest BCUT2D eigenvalue weighted by Crippen LogP contribution is 2.26. The molecule has 0 aliphatic carbocycles.